The van der Waals surface area contributed by atoms with Crippen molar-refractivity contribution in [3.63, 3.8) is 0 Å². The molecule has 1 aromatic heterocycles. The highest BCUT2D eigenvalue weighted by Gasteiger charge is 2.31. The molecule has 0 N–H and O–H groups in total. The van der Waals surface area contributed by atoms with Crippen LogP contribution in [-0.2, 0) is 4.43 Å². The summed E-state index contributed by atoms with van der Waals surface area (Å²) in [5.74, 6) is 0. The number of rotatable bonds is 3. The first-order valence-corrected chi connectivity index (χ1v) is 10.4. The van der Waals surface area contributed by atoms with E-state index < -0.39 is 9.04 Å². The molecule has 6 heteroatoms. The molecule has 16 heavy (non-hydrogen) atoms. The maximum absolute atomic E-state index is 6.15. The number of hydrogen-bond donors (Lipinski definition) is 0. The van der Waals surface area contributed by atoms with Gasteiger partial charge < -0.3 is 4.43 Å². The van der Waals surface area contributed by atoms with Gasteiger partial charge in [0.1, 0.15) is 4.60 Å². The molecule has 1 rings (SSSR count). The zero-order chi connectivity index (χ0) is 12.5. The summed E-state index contributed by atoms with van der Waals surface area (Å²) in [7, 11) is -1.07. The van der Waals surface area contributed by atoms with E-state index in [4.69, 9.17) is 4.43 Å². The average Bonchev–Trinajstić information content (AvgIpc) is 2.38. The summed E-state index contributed by atoms with van der Waals surface area (Å²) >= 11 is 8.57. The molecule has 0 spiro atoms. The molecule has 0 bridgehead atoms. The molecule has 1 atom stereocenters. The Labute approximate surface area is 120 Å². The van der Waals surface area contributed by atoms with E-state index in [1.54, 1.807) is 11.3 Å². The predicted molar refractivity (Wildman–Crippen MR) is 79.7 cm³/mol. The molecule has 0 radical (unpaired) electrons. The molecule has 1 unspecified atom stereocenters. The maximum Gasteiger partial charge on any atom is 0.171 e. The van der Waals surface area contributed by atoms with Crippen LogP contribution in [0.2, 0.25) is 13.1 Å². The average molecular weight is 387 g/mol. The fraction of sp³-hybridized carbons (Fsp3) is 0.700. The third kappa shape index (κ3) is 3.91. The number of thiazole rings is 1. The monoisotopic (exact) mass is 385 g/mol. The molecule has 0 fully saturated rings. The van der Waals surface area contributed by atoms with Crippen LogP contribution in [0.15, 0.2) is 8.52 Å². The first-order chi connectivity index (χ1) is 7.21. The normalized spacial score (nSPS) is 14.5. The van der Waals surface area contributed by atoms with E-state index in [1.165, 1.54) is 4.88 Å². The number of halogens is 2. The van der Waals surface area contributed by atoms with Crippen LogP contribution in [0.25, 0.3) is 0 Å². The van der Waals surface area contributed by atoms with Crippen LogP contribution < -0.4 is 0 Å². The first-order valence-electron chi connectivity index (χ1n) is 5.19. The number of aromatic nitrogens is 1. The predicted octanol–water partition coefficient (Wildman–Crippen LogP) is 4.76. The highest BCUT2D eigenvalue weighted by molar-refractivity contribution is 9.11. The fourth-order valence-corrected chi connectivity index (χ4v) is 5.22. The molecule has 92 valence electrons. The van der Waals surface area contributed by atoms with Gasteiger partial charge in [0.15, 0.2) is 13.0 Å². The molecule has 0 aliphatic heterocycles. The van der Waals surface area contributed by atoms with Crippen LogP contribution in [0.4, 0.5) is 0 Å². The van der Waals surface area contributed by atoms with Crippen molar-refractivity contribution in [2.45, 2.75) is 40.0 Å². The van der Waals surface area contributed by atoms with Gasteiger partial charge in [-0.1, -0.05) is 20.8 Å². The van der Waals surface area contributed by atoms with E-state index in [1.807, 2.05) is 0 Å². The molecule has 0 aromatic carbocycles. The summed E-state index contributed by atoms with van der Waals surface area (Å²) < 4.78 is 7.96. The zero-order valence-electron chi connectivity index (χ0n) is 10.2. The Morgan fingerprint density at radius 3 is 2.19 bits per heavy atom. The highest BCUT2D eigenvalue weighted by Crippen LogP contribution is 2.43. The molecule has 0 aliphatic carbocycles. The Bertz CT molecular complexity index is 362. The van der Waals surface area contributed by atoms with E-state index in [0.29, 0.717) is 0 Å². The Morgan fingerprint density at radius 2 is 1.88 bits per heavy atom. The second-order valence-electron chi connectivity index (χ2n) is 5.05. The van der Waals surface area contributed by atoms with Crippen LogP contribution in [-0.4, -0.2) is 14.0 Å². The quantitative estimate of drug-likeness (QED) is 0.698. The van der Waals surface area contributed by atoms with E-state index in [-0.39, 0.29) is 11.5 Å². The molecular formula is C10H17Br2NOSSi. The fourth-order valence-electron chi connectivity index (χ4n) is 1.38. The summed E-state index contributed by atoms with van der Waals surface area (Å²) in [5.41, 5.74) is 0.0891. The minimum atomic E-state index is -1.07. The van der Waals surface area contributed by atoms with Crippen LogP contribution in [0.5, 0.6) is 0 Å². The van der Waals surface area contributed by atoms with Crippen molar-refractivity contribution in [3.8, 4) is 0 Å². The first kappa shape index (κ1) is 14.8. The van der Waals surface area contributed by atoms with E-state index in [9.17, 15) is 0 Å². The lowest BCUT2D eigenvalue weighted by Crippen LogP contribution is -2.25. The summed E-state index contributed by atoms with van der Waals surface area (Å²) in [6.45, 7) is 11.0. The smallest absolute Gasteiger partial charge is 0.171 e. The SMILES string of the molecule is C[SiH](C)OC(c1sc(Br)nc1Br)C(C)(C)C. The van der Waals surface area contributed by atoms with E-state index in [2.05, 4.69) is 70.7 Å². The van der Waals surface area contributed by atoms with Crippen molar-refractivity contribution in [1.82, 2.24) is 4.98 Å². The third-order valence-electron chi connectivity index (χ3n) is 2.02. The van der Waals surface area contributed by atoms with Crippen molar-refractivity contribution in [1.29, 1.82) is 0 Å². The molecule has 0 aliphatic rings. The van der Waals surface area contributed by atoms with Crippen LogP contribution in [0.1, 0.15) is 31.8 Å². The lowest BCUT2D eigenvalue weighted by atomic mass is 9.88. The molecular weight excluding hydrogens is 370 g/mol. The molecule has 1 heterocycles. The number of nitrogens with zero attached hydrogens (tertiary/aromatic N) is 1. The van der Waals surface area contributed by atoms with Gasteiger partial charge >= 0.3 is 0 Å². The van der Waals surface area contributed by atoms with E-state index >= 15 is 0 Å². The molecule has 0 saturated carbocycles. The third-order valence-corrected chi connectivity index (χ3v) is 5.25. The molecule has 2 nitrogen and oxygen atoms in total. The summed E-state index contributed by atoms with van der Waals surface area (Å²) in [4.78, 5) is 5.52. The van der Waals surface area contributed by atoms with Gasteiger partial charge in [0.2, 0.25) is 0 Å². The summed E-state index contributed by atoms with van der Waals surface area (Å²) in [6, 6.07) is 0. The standard InChI is InChI=1S/C10H17Br2NOSSi/c1-10(2,3)7(14-16(4)5)6-8(11)13-9(12)15-6/h7,16H,1-5H3. The Balaban J connectivity index is 3.06. The summed E-state index contributed by atoms with van der Waals surface area (Å²) in [6.07, 6.45) is 0.123. The van der Waals surface area contributed by atoms with Gasteiger partial charge in [0.25, 0.3) is 0 Å². The van der Waals surface area contributed by atoms with Gasteiger partial charge in [-0.2, -0.15) is 0 Å². The van der Waals surface area contributed by atoms with Gasteiger partial charge in [0, 0.05) is 0 Å². The maximum atomic E-state index is 6.15. The van der Waals surface area contributed by atoms with Crippen molar-refractivity contribution in [3.05, 3.63) is 13.4 Å². The van der Waals surface area contributed by atoms with Crippen molar-refractivity contribution in [2.75, 3.05) is 0 Å². The minimum absolute atomic E-state index is 0.0891. The Morgan fingerprint density at radius 1 is 1.31 bits per heavy atom. The van der Waals surface area contributed by atoms with Gasteiger partial charge in [-0.05, 0) is 50.4 Å². The van der Waals surface area contributed by atoms with Crippen molar-refractivity contribution >= 4 is 52.2 Å². The Kier molecular flexibility index (Phi) is 5.19. The Hall–Kier alpha value is 0.767. The van der Waals surface area contributed by atoms with Crippen molar-refractivity contribution < 1.29 is 4.43 Å². The van der Waals surface area contributed by atoms with Gasteiger partial charge in [0.05, 0.1) is 11.0 Å². The second kappa shape index (κ2) is 5.61. The van der Waals surface area contributed by atoms with Gasteiger partial charge in [-0.25, -0.2) is 4.98 Å². The largest absolute Gasteiger partial charge is 0.412 e. The highest BCUT2D eigenvalue weighted by atomic mass is 79.9. The summed E-state index contributed by atoms with van der Waals surface area (Å²) in [5, 5.41) is 0. The van der Waals surface area contributed by atoms with Crippen LogP contribution >= 0.6 is 43.2 Å². The molecule has 0 saturated heterocycles. The topological polar surface area (TPSA) is 22.1 Å². The lowest BCUT2D eigenvalue weighted by Gasteiger charge is -2.31. The molecule has 0 amide bonds. The second-order valence-corrected chi connectivity index (χ2v) is 10.5. The number of hydrogen-bond acceptors (Lipinski definition) is 3. The van der Waals surface area contributed by atoms with Crippen LogP contribution in [0, 0.1) is 5.41 Å². The van der Waals surface area contributed by atoms with Gasteiger partial charge in [-0.15, -0.1) is 11.3 Å². The molecule has 1 aromatic rings. The zero-order valence-corrected chi connectivity index (χ0v) is 15.3. The van der Waals surface area contributed by atoms with Crippen molar-refractivity contribution in [2.24, 2.45) is 5.41 Å². The lowest BCUT2D eigenvalue weighted by molar-refractivity contribution is 0.0890. The minimum Gasteiger partial charge on any atom is -0.412 e. The van der Waals surface area contributed by atoms with E-state index in [0.717, 1.165) is 8.52 Å². The van der Waals surface area contributed by atoms with Crippen LogP contribution in [0.3, 0.4) is 0 Å². The van der Waals surface area contributed by atoms with Gasteiger partial charge in [-0.3, -0.25) is 0 Å².